The second-order valence-corrected chi connectivity index (χ2v) is 6.64. The predicted octanol–water partition coefficient (Wildman–Crippen LogP) is 2.44. The van der Waals surface area contributed by atoms with Gasteiger partial charge in [0.05, 0.1) is 25.0 Å². The standard InChI is InChI=1S/C21H19F2N3O2/c1-13-21(14-3-5-15(28-2)6-4-14)24-19-9-10-25(12-26(13)19)18-8-7-17(22)16(11-27)20(18)23/h3-10,27H,11-12H2,1-2H3/p+1. The van der Waals surface area contributed by atoms with Crippen molar-refractivity contribution in [2.75, 3.05) is 18.7 Å². The van der Waals surface area contributed by atoms with Crippen LogP contribution in [-0.2, 0) is 6.61 Å². The number of aliphatic hydroxyl groups excluding tert-OH is 1. The van der Waals surface area contributed by atoms with Crippen LogP contribution in [0.2, 0.25) is 0 Å². The molecular weight excluding hydrogens is 364 g/mol. The lowest BCUT2D eigenvalue weighted by Crippen LogP contribution is -3.13. The quantitative estimate of drug-likeness (QED) is 0.852. The minimum absolute atomic E-state index is 0.221. The van der Waals surface area contributed by atoms with E-state index in [1.54, 1.807) is 18.2 Å². The Morgan fingerprint density at radius 1 is 1.18 bits per heavy atom. The van der Waals surface area contributed by atoms with Gasteiger partial charge in [0.2, 0.25) is 5.84 Å². The van der Waals surface area contributed by atoms with Gasteiger partial charge in [-0.25, -0.2) is 13.7 Å². The summed E-state index contributed by atoms with van der Waals surface area (Å²) in [6.07, 6.45) is 3.55. The van der Waals surface area contributed by atoms with Gasteiger partial charge in [0.15, 0.2) is 12.5 Å². The highest BCUT2D eigenvalue weighted by molar-refractivity contribution is 5.95. The molecule has 2 heterocycles. The summed E-state index contributed by atoms with van der Waals surface area (Å²) in [5, 5.41) is 9.26. The molecule has 0 aliphatic carbocycles. The highest BCUT2D eigenvalue weighted by Gasteiger charge is 2.34. The minimum atomic E-state index is -0.752. The van der Waals surface area contributed by atoms with Crippen LogP contribution >= 0.6 is 0 Å². The molecule has 144 valence electrons. The molecule has 2 aliphatic heterocycles. The van der Waals surface area contributed by atoms with E-state index in [4.69, 9.17) is 9.73 Å². The zero-order valence-corrected chi connectivity index (χ0v) is 15.5. The smallest absolute Gasteiger partial charge is 0.234 e. The lowest BCUT2D eigenvalue weighted by atomic mass is 10.1. The fraction of sp³-hybridized carbons (Fsp3) is 0.190. The Labute approximate surface area is 161 Å². The van der Waals surface area contributed by atoms with Crippen molar-refractivity contribution in [1.29, 1.82) is 0 Å². The summed E-state index contributed by atoms with van der Waals surface area (Å²) in [4.78, 5) is 7.41. The maximum atomic E-state index is 14.6. The molecule has 0 spiro atoms. The lowest BCUT2D eigenvalue weighted by molar-refractivity contribution is -0.757. The van der Waals surface area contributed by atoms with Crippen LogP contribution in [0.25, 0.3) is 5.70 Å². The average molecular weight is 384 g/mol. The van der Waals surface area contributed by atoms with Crippen molar-refractivity contribution < 1.29 is 23.5 Å². The molecular formula is C21H20F2N3O2+. The first-order chi connectivity index (χ1) is 13.5. The van der Waals surface area contributed by atoms with Crippen LogP contribution in [-0.4, -0.2) is 24.7 Å². The number of aliphatic hydroxyl groups is 1. The summed E-state index contributed by atoms with van der Waals surface area (Å²) in [7, 11) is 1.62. The number of anilines is 1. The molecule has 0 bridgehead atoms. The van der Waals surface area contributed by atoms with Crippen LogP contribution in [0.3, 0.4) is 0 Å². The summed E-state index contributed by atoms with van der Waals surface area (Å²) in [5.41, 5.74) is 2.75. The monoisotopic (exact) mass is 384 g/mol. The largest absolute Gasteiger partial charge is 0.497 e. The topological polar surface area (TPSA) is 49.5 Å². The third-order valence-corrected chi connectivity index (χ3v) is 5.09. The number of nitrogens with zero attached hydrogens (tertiary/aromatic N) is 2. The van der Waals surface area contributed by atoms with Crippen molar-refractivity contribution in [1.82, 2.24) is 0 Å². The number of fused-ring (bicyclic) bond motifs is 1. The predicted molar refractivity (Wildman–Crippen MR) is 103 cm³/mol. The highest BCUT2D eigenvalue weighted by atomic mass is 19.1. The Bertz CT molecular complexity index is 1010. The Balaban J connectivity index is 1.65. The normalized spacial score (nSPS) is 18.4. The van der Waals surface area contributed by atoms with Crippen molar-refractivity contribution in [3.05, 3.63) is 77.1 Å². The van der Waals surface area contributed by atoms with E-state index in [1.807, 2.05) is 37.3 Å². The van der Waals surface area contributed by atoms with Crippen molar-refractivity contribution >= 4 is 17.2 Å². The van der Waals surface area contributed by atoms with Crippen LogP contribution in [0.5, 0.6) is 5.75 Å². The molecule has 0 aromatic heterocycles. The van der Waals surface area contributed by atoms with E-state index in [9.17, 15) is 13.9 Å². The van der Waals surface area contributed by atoms with Crippen LogP contribution in [0.1, 0.15) is 18.1 Å². The van der Waals surface area contributed by atoms with Crippen LogP contribution in [0, 0.1) is 11.6 Å². The molecule has 2 aromatic rings. The Hall–Kier alpha value is -3.03. The van der Waals surface area contributed by atoms with Gasteiger partial charge in [-0.05, 0) is 36.4 Å². The summed E-state index contributed by atoms with van der Waals surface area (Å²) in [6.45, 7) is 1.71. The number of hydrogen-bond donors (Lipinski definition) is 2. The first-order valence-electron chi connectivity index (χ1n) is 8.86. The molecule has 2 N–H and O–H groups in total. The van der Waals surface area contributed by atoms with Crippen LogP contribution in [0.15, 0.2) is 59.4 Å². The van der Waals surface area contributed by atoms with Crippen molar-refractivity contribution in [2.45, 2.75) is 13.5 Å². The number of methoxy groups -OCH3 is 1. The molecule has 0 amide bonds. The third kappa shape index (κ3) is 2.98. The Kier molecular flexibility index (Phi) is 4.70. The van der Waals surface area contributed by atoms with Gasteiger partial charge in [-0.2, -0.15) is 4.99 Å². The Morgan fingerprint density at radius 3 is 2.61 bits per heavy atom. The van der Waals surface area contributed by atoms with Gasteiger partial charge in [0.25, 0.3) is 0 Å². The van der Waals surface area contributed by atoms with E-state index in [1.165, 1.54) is 12.1 Å². The number of hydrogen-bond acceptors (Lipinski definition) is 4. The fourth-order valence-corrected chi connectivity index (χ4v) is 3.48. The molecule has 28 heavy (non-hydrogen) atoms. The van der Waals surface area contributed by atoms with Crippen LogP contribution in [0.4, 0.5) is 14.5 Å². The van der Waals surface area contributed by atoms with Crippen molar-refractivity contribution in [3.63, 3.8) is 0 Å². The van der Waals surface area contributed by atoms with Crippen molar-refractivity contribution in [3.8, 4) is 5.75 Å². The number of amidine groups is 1. The number of aliphatic imine (C=N–C) groups is 1. The number of ether oxygens (including phenoxy) is 1. The molecule has 2 aliphatic rings. The zero-order valence-electron chi connectivity index (χ0n) is 15.5. The van der Waals surface area contributed by atoms with E-state index in [0.29, 0.717) is 6.67 Å². The van der Waals surface area contributed by atoms with E-state index in [0.717, 1.165) is 33.4 Å². The van der Waals surface area contributed by atoms with Crippen LogP contribution < -0.4 is 14.5 Å². The van der Waals surface area contributed by atoms with Crippen molar-refractivity contribution in [2.24, 2.45) is 4.99 Å². The van der Waals surface area contributed by atoms with E-state index in [2.05, 4.69) is 0 Å². The fourth-order valence-electron chi connectivity index (χ4n) is 3.48. The first kappa shape index (κ1) is 18.3. The lowest BCUT2D eigenvalue weighted by Gasteiger charge is -2.28. The van der Waals surface area contributed by atoms with Gasteiger partial charge in [-0.1, -0.05) is 0 Å². The SMILES string of the molecule is COc1ccc(C2=C(C)[NH+]3CN(c4ccc(F)c(CO)c4F)C=CC3=N2)cc1. The molecule has 4 rings (SSSR count). The number of rotatable bonds is 4. The number of nitrogens with one attached hydrogen (secondary N) is 1. The minimum Gasteiger partial charge on any atom is -0.497 e. The van der Waals surface area contributed by atoms with Gasteiger partial charge >= 0.3 is 0 Å². The zero-order chi connectivity index (χ0) is 19.8. The molecule has 0 radical (unpaired) electrons. The molecule has 0 fully saturated rings. The van der Waals surface area contributed by atoms with Gasteiger partial charge in [-0.15, -0.1) is 0 Å². The summed E-state index contributed by atoms with van der Waals surface area (Å²) in [6, 6.07) is 10.2. The first-order valence-corrected chi connectivity index (χ1v) is 8.86. The van der Waals surface area contributed by atoms with E-state index in [-0.39, 0.29) is 11.3 Å². The van der Waals surface area contributed by atoms with Gasteiger partial charge in [-0.3, -0.25) is 4.90 Å². The maximum absolute atomic E-state index is 14.6. The molecule has 1 unspecified atom stereocenters. The van der Waals surface area contributed by atoms with E-state index >= 15 is 0 Å². The number of halogens is 2. The third-order valence-electron chi connectivity index (χ3n) is 5.09. The second-order valence-electron chi connectivity index (χ2n) is 6.64. The molecule has 5 nitrogen and oxygen atoms in total. The highest BCUT2D eigenvalue weighted by Crippen LogP contribution is 2.27. The summed E-state index contributed by atoms with van der Waals surface area (Å²) in [5.74, 6) is 0.112. The summed E-state index contributed by atoms with van der Waals surface area (Å²) < 4.78 is 33.5. The number of allylic oxidation sites excluding steroid dienone is 1. The number of benzene rings is 2. The molecule has 2 aromatic carbocycles. The average Bonchev–Trinajstić information content (AvgIpc) is 3.04. The number of quaternary nitrogens is 1. The maximum Gasteiger partial charge on any atom is 0.234 e. The second kappa shape index (κ2) is 7.18. The van der Waals surface area contributed by atoms with Gasteiger partial charge in [0.1, 0.15) is 23.0 Å². The summed E-state index contributed by atoms with van der Waals surface area (Å²) >= 11 is 0. The molecule has 1 atom stereocenters. The molecule has 0 saturated carbocycles. The van der Waals surface area contributed by atoms with Gasteiger partial charge in [0, 0.05) is 24.8 Å². The Morgan fingerprint density at radius 2 is 1.93 bits per heavy atom. The van der Waals surface area contributed by atoms with Gasteiger partial charge < -0.3 is 9.84 Å². The van der Waals surface area contributed by atoms with E-state index < -0.39 is 18.2 Å². The molecule has 0 saturated heterocycles. The molecule has 7 heteroatoms.